The van der Waals surface area contributed by atoms with E-state index in [1.807, 2.05) is 0 Å². The molecule has 1 aromatic rings. The molecule has 0 spiro atoms. The van der Waals surface area contributed by atoms with Gasteiger partial charge in [0.15, 0.2) is 0 Å². The van der Waals surface area contributed by atoms with Crippen molar-refractivity contribution in [2.75, 3.05) is 13.6 Å². The maximum Gasteiger partial charge on any atom is 0.142 e. The number of aliphatic hydroxyl groups is 1. The van der Waals surface area contributed by atoms with Crippen LogP contribution in [0.5, 0.6) is 0 Å². The Morgan fingerprint density at radius 2 is 2.31 bits per heavy atom. The van der Waals surface area contributed by atoms with Gasteiger partial charge >= 0.3 is 0 Å². The summed E-state index contributed by atoms with van der Waals surface area (Å²) in [5.41, 5.74) is 0.524. The van der Waals surface area contributed by atoms with Crippen LogP contribution in [0.25, 0.3) is 0 Å². The molecule has 1 aromatic carbocycles. The number of nitrogens with one attached hydrogen (secondary N) is 1. The van der Waals surface area contributed by atoms with E-state index in [-0.39, 0.29) is 5.02 Å². The van der Waals surface area contributed by atoms with Crippen molar-refractivity contribution >= 4 is 11.6 Å². The van der Waals surface area contributed by atoms with Crippen LogP contribution in [0.2, 0.25) is 5.02 Å². The molecule has 2 N–H and O–H groups in total. The second kappa shape index (κ2) is 4.56. The van der Waals surface area contributed by atoms with E-state index in [0.29, 0.717) is 12.1 Å². The third-order valence-corrected chi connectivity index (χ3v) is 2.03. The lowest BCUT2D eigenvalue weighted by atomic mass is 10.1. The molecule has 72 valence electrons. The van der Waals surface area contributed by atoms with Crippen LogP contribution in [0.1, 0.15) is 11.7 Å². The molecular weight excluding hydrogens is 193 g/mol. The van der Waals surface area contributed by atoms with Gasteiger partial charge in [0, 0.05) is 6.54 Å². The van der Waals surface area contributed by atoms with Gasteiger partial charge in [0.05, 0.1) is 11.1 Å². The Morgan fingerprint density at radius 3 is 2.85 bits per heavy atom. The molecule has 0 aliphatic carbocycles. The molecule has 0 saturated heterocycles. The number of rotatable bonds is 3. The summed E-state index contributed by atoms with van der Waals surface area (Å²) < 4.78 is 12.9. The average Bonchev–Trinajstić information content (AvgIpc) is 2.10. The van der Waals surface area contributed by atoms with Crippen LogP contribution >= 0.6 is 11.6 Å². The van der Waals surface area contributed by atoms with Crippen molar-refractivity contribution in [2.24, 2.45) is 0 Å². The monoisotopic (exact) mass is 203 g/mol. The summed E-state index contributed by atoms with van der Waals surface area (Å²) in [6, 6.07) is 4.28. The smallest absolute Gasteiger partial charge is 0.142 e. The van der Waals surface area contributed by atoms with E-state index in [2.05, 4.69) is 5.32 Å². The van der Waals surface area contributed by atoms with Crippen LogP contribution < -0.4 is 5.32 Å². The Bertz CT molecular complexity index is 293. The van der Waals surface area contributed by atoms with Gasteiger partial charge in [-0.3, -0.25) is 0 Å². The molecule has 1 unspecified atom stereocenters. The summed E-state index contributed by atoms with van der Waals surface area (Å²) in [7, 11) is 1.72. The largest absolute Gasteiger partial charge is 0.387 e. The maximum atomic E-state index is 12.9. The third kappa shape index (κ3) is 2.66. The van der Waals surface area contributed by atoms with Gasteiger partial charge in [-0.15, -0.1) is 0 Å². The van der Waals surface area contributed by atoms with Gasteiger partial charge in [-0.25, -0.2) is 4.39 Å². The van der Waals surface area contributed by atoms with Crippen LogP contribution in [0.15, 0.2) is 18.2 Å². The lowest BCUT2D eigenvalue weighted by Gasteiger charge is -2.10. The zero-order valence-corrected chi connectivity index (χ0v) is 7.98. The molecule has 0 aliphatic rings. The molecule has 0 saturated carbocycles. The molecule has 2 nitrogen and oxygen atoms in total. The van der Waals surface area contributed by atoms with Gasteiger partial charge in [-0.2, -0.15) is 0 Å². The molecule has 0 heterocycles. The van der Waals surface area contributed by atoms with Crippen molar-refractivity contribution in [3.8, 4) is 0 Å². The second-order valence-electron chi connectivity index (χ2n) is 2.75. The van der Waals surface area contributed by atoms with Gasteiger partial charge in [0.1, 0.15) is 5.82 Å². The number of hydrogen-bond donors (Lipinski definition) is 2. The van der Waals surface area contributed by atoms with E-state index in [1.165, 1.54) is 12.1 Å². The van der Waals surface area contributed by atoms with Gasteiger partial charge in [-0.05, 0) is 24.7 Å². The van der Waals surface area contributed by atoms with E-state index in [4.69, 9.17) is 11.6 Å². The molecular formula is C9H11ClFNO. The quantitative estimate of drug-likeness (QED) is 0.784. The first-order valence-electron chi connectivity index (χ1n) is 3.92. The van der Waals surface area contributed by atoms with Gasteiger partial charge in [0.2, 0.25) is 0 Å². The van der Waals surface area contributed by atoms with E-state index < -0.39 is 11.9 Å². The number of aliphatic hydroxyl groups excluding tert-OH is 1. The van der Waals surface area contributed by atoms with Crippen molar-refractivity contribution in [3.05, 3.63) is 34.6 Å². The number of halogens is 2. The van der Waals surface area contributed by atoms with Crippen molar-refractivity contribution in [1.29, 1.82) is 0 Å². The summed E-state index contributed by atoms with van der Waals surface area (Å²) >= 11 is 5.49. The van der Waals surface area contributed by atoms with E-state index in [0.717, 1.165) is 0 Å². The van der Waals surface area contributed by atoms with Gasteiger partial charge in [-0.1, -0.05) is 17.7 Å². The Morgan fingerprint density at radius 1 is 1.62 bits per heavy atom. The summed E-state index contributed by atoms with van der Waals surface area (Å²) in [5, 5.41) is 12.3. The van der Waals surface area contributed by atoms with E-state index in [9.17, 15) is 9.50 Å². The Kier molecular flexibility index (Phi) is 3.66. The minimum Gasteiger partial charge on any atom is -0.387 e. The summed E-state index contributed by atoms with van der Waals surface area (Å²) in [6.45, 7) is 0.390. The molecule has 0 bridgehead atoms. The van der Waals surface area contributed by atoms with Crippen molar-refractivity contribution < 1.29 is 9.50 Å². The molecule has 0 aromatic heterocycles. The summed E-state index contributed by atoms with van der Waals surface area (Å²) in [5.74, 6) is -0.505. The standard InChI is InChI=1S/C9H11ClFNO/c1-12-5-9(13)6-2-3-7(10)8(11)4-6/h2-4,9,12-13H,5H2,1H3. The minimum absolute atomic E-state index is 0.0698. The third-order valence-electron chi connectivity index (χ3n) is 1.73. The molecule has 0 amide bonds. The molecule has 0 aliphatic heterocycles. The van der Waals surface area contributed by atoms with Crippen LogP contribution in [0, 0.1) is 5.82 Å². The average molecular weight is 204 g/mol. The highest BCUT2D eigenvalue weighted by Crippen LogP contribution is 2.19. The Labute approximate surface area is 81.3 Å². The summed E-state index contributed by atoms with van der Waals surface area (Å²) in [6.07, 6.45) is -0.697. The predicted octanol–water partition coefficient (Wildman–Crippen LogP) is 1.73. The van der Waals surface area contributed by atoms with Crippen LogP contribution in [0.3, 0.4) is 0 Å². The number of hydrogen-bond acceptors (Lipinski definition) is 2. The first-order chi connectivity index (χ1) is 6.15. The normalized spacial score (nSPS) is 12.9. The van der Waals surface area contributed by atoms with Crippen LogP contribution in [0.4, 0.5) is 4.39 Å². The fourth-order valence-corrected chi connectivity index (χ4v) is 1.15. The Balaban J connectivity index is 2.84. The van der Waals surface area contributed by atoms with Gasteiger partial charge < -0.3 is 10.4 Å². The fourth-order valence-electron chi connectivity index (χ4n) is 1.03. The first kappa shape index (κ1) is 10.4. The van der Waals surface area contributed by atoms with Crippen LogP contribution in [-0.4, -0.2) is 18.7 Å². The molecule has 0 fully saturated rings. The highest BCUT2D eigenvalue weighted by atomic mass is 35.5. The maximum absolute atomic E-state index is 12.9. The SMILES string of the molecule is CNCC(O)c1ccc(Cl)c(F)c1. The predicted molar refractivity (Wildman–Crippen MR) is 50.3 cm³/mol. The summed E-state index contributed by atoms with van der Waals surface area (Å²) in [4.78, 5) is 0. The molecule has 0 radical (unpaired) electrons. The highest BCUT2D eigenvalue weighted by Gasteiger charge is 2.08. The van der Waals surface area contributed by atoms with Crippen LogP contribution in [-0.2, 0) is 0 Å². The molecule has 4 heteroatoms. The fraction of sp³-hybridized carbons (Fsp3) is 0.333. The molecule has 13 heavy (non-hydrogen) atoms. The van der Waals surface area contributed by atoms with Crippen molar-refractivity contribution in [2.45, 2.75) is 6.10 Å². The zero-order chi connectivity index (χ0) is 9.84. The first-order valence-corrected chi connectivity index (χ1v) is 4.30. The molecule has 1 rings (SSSR count). The molecule has 1 atom stereocenters. The van der Waals surface area contributed by atoms with Gasteiger partial charge in [0.25, 0.3) is 0 Å². The number of likely N-dealkylation sites (N-methyl/N-ethyl adjacent to an activating group) is 1. The second-order valence-corrected chi connectivity index (χ2v) is 3.15. The topological polar surface area (TPSA) is 32.3 Å². The van der Waals surface area contributed by atoms with E-state index in [1.54, 1.807) is 13.1 Å². The highest BCUT2D eigenvalue weighted by molar-refractivity contribution is 6.30. The minimum atomic E-state index is -0.697. The van der Waals surface area contributed by atoms with E-state index >= 15 is 0 Å². The van der Waals surface area contributed by atoms with Crippen molar-refractivity contribution in [3.63, 3.8) is 0 Å². The van der Waals surface area contributed by atoms with Crippen molar-refractivity contribution in [1.82, 2.24) is 5.32 Å². The Hall–Kier alpha value is -0.640. The lowest BCUT2D eigenvalue weighted by Crippen LogP contribution is -2.16. The zero-order valence-electron chi connectivity index (χ0n) is 7.22. The number of benzene rings is 1. The lowest BCUT2D eigenvalue weighted by molar-refractivity contribution is 0.177.